The van der Waals surface area contributed by atoms with Crippen LogP contribution in [0.3, 0.4) is 0 Å². The molecule has 0 spiro atoms. The summed E-state index contributed by atoms with van der Waals surface area (Å²) in [6.07, 6.45) is 0. The largest absolute Gasteiger partial charge is 0.322 e. The van der Waals surface area contributed by atoms with Crippen LogP contribution in [0.5, 0.6) is 0 Å². The van der Waals surface area contributed by atoms with Crippen LogP contribution in [-0.2, 0) is 9.59 Å². The maximum Gasteiger partial charge on any atom is 0.322 e. The molecule has 1 aliphatic heterocycles. The van der Waals surface area contributed by atoms with Crippen molar-refractivity contribution in [2.45, 2.75) is 6.04 Å². The van der Waals surface area contributed by atoms with E-state index in [0.717, 1.165) is 12.1 Å². The van der Waals surface area contributed by atoms with Crippen molar-refractivity contribution in [3.8, 4) is 0 Å². The molecule has 0 aliphatic carbocycles. The number of benzene rings is 1. The quantitative estimate of drug-likeness (QED) is 0.218. The lowest BCUT2D eigenvalue weighted by Gasteiger charge is -2.12. The van der Waals surface area contributed by atoms with Crippen LogP contribution in [0.2, 0.25) is 0 Å². The zero-order chi connectivity index (χ0) is 19.4. The number of carbonyl (C=O) groups excluding carboxylic acids is 3. The molecule has 1 aromatic rings. The zero-order valence-electron chi connectivity index (χ0n) is 13.0. The summed E-state index contributed by atoms with van der Waals surface area (Å²) in [6.45, 7) is 0. The molecule has 14 heteroatoms. The van der Waals surface area contributed by atoms with Gasteiger partial charge in [-0.1, -0.05) is 0 Å². The molecule has 0 saturated carbocycles. The number of non-ortho nitro benzene ring substituents is 1. The molecule has 1 heterocycles. The third kappa shape index (κ3) is 3.69. The molecule has 1 unspecified atom stereocenters. The van der Waals surface area contributed by atoms with Crippen molar-refractivity contribution in [3.05, 3.63) is 38.4 Å². The number of anilines is 1. The first-order valence-electron chi connectivity index (χ1n) is 6.84. The first kappa shape index (κ1) is 18.2. The molecule has 1 aliphatic rings. The van der Waals surface area contributed by atoms with Crippen LogP contribution in [0.25, 0.3) is 0 Å². The second kappa shape index (κ2) is 7.20. The minimum absolute atomic E-state index is 0.348. The fourth-order valence-electron chi connectivity index (χ4n) is 2.05. The van der Waals surface area contributed by atoms with E-state index in [-0.39, 0.29) is 5.69 Å². The van der Waals surface area contributed by atoms with Crippen LogP contribution in [-0.4, -0.2) is 46.5 Å². The normalized spacial score (nSPS) is 16.5. The molecule has 14 nitrogen and oxygen atoms in total. The number of amides is 4. The molecule has 0 radical (unpaired) electrons. The summed E-state index contributed by atoms with van der Waals surface area (Å²) in [5, 5.41) is 31.7. The van der Waals surface area contributed by atoms with E-state index >= 15 is 0 Å². The Hall–Kier alpha value is -4.10. The van der Waals surface area contributed by atoms with Gasteiger partial charge in [0.1, 0.15) is 5.69 Å². The summed E-state index contributed by atoms with van der Waals surface area (Å²) in [5.74, 6) is -1.86. The van der Waals surface area contributed by atoms with Crippen LogP contribution in [0.4, 0.5) is 21.9 Å². The Morgan fingerprint density at radius 2 is 1.92 bits per heavy atom. The Morgan fingerprint density at radius 1 is 1.23 bits per heavy atom. The highest BCUT2D eigenvalue weighted by atomic mass is 16.6. The van der Waals surface area contributed by atoms with Gasteiger partial charge in [0.2, 0.25) is 0 Å². The smallest absolute Gasteiger partial charge is 0.320 e. The number of nitrogens with zero attached hydrogens (tertiary/aromatic N) is 3. The molecule has 4 amide bonds. The number of hydrogen-bond donors (Lipinski definition) is 4. The highest BCUT2D eigenvalue weighted by Crippen LogP contribution is 2.29. The van der Waals surface area contributed by atoms with E-state index in [4.69, 9.17) is 0 Å². The molecule has 136 valence electrons. The predicted molar refractivity (Wildman–Crippen MR) is 85.3 cm³/mol. The van der Waals surface area contributed by atoms with Gasteiger partial charge in [0, 0.05) is 13.1 Å². The highest BCUT2D eigenvalue weighted by molar-refractivity contribution is 6.49. The third-order valence-corrected chi connectivity index (χ3v) is 3.15. The summed E-state index contributed by atoms with van der Waals surface area (Å²) in [7, 11) is 1.33. The van der Waals surface area contributed by atoms with Crippen molar-refractivity contribution in [2.24, 2.45) is 5.10 Å². The predicted octanol–water partition coefficient (Wildman–Crippen LogP) is -0.775. The minimum atomic E-state index is -1.41. The molecular weight excluding hydrogens is 354 g/mol. The van der Waals surface area contributed by atoms with Crippen LogP contribution in [0, 0.1) is 20.2 Å². The van der Waals surface area contributed by atoms with E-state index in [2.05, 4.69) is 21.2 Å². The third-order valence-electron chi connectivity index (χ3n) is 3.15. The van der Waals surface area contributed by atoms with Gasteiger partial charge in [-0.05, 0) is 6.07 Å². The van der Waals surface area contributed by atoms with Crippen LogP contribution < -0.4 is 21.4 Å². The summed E-state index contributed by atoms with van der Waals surface area (Å²) >= 11 is 0. The number of carbonyl (C=O) groups is 3. The molecule has 2 rings (SSSR count). The molecule has 1 saturated heterocycles. The topological polar surface area (TPSA) is 198 Å². The lowest BCUT2D eigenvalue weighted by atomic mass is 10.1. The fourth-order valence-corrected chi connectivity index (χ4v) is 2.05. The first-order valence-corrected chi connectivity index (χ1v) is 6.84. The number of urea groups is 1. The molecule has 0 aromatic heterocycles. The number of nitro benzene ring substituents is 2. The molecule has 1 aromatic carbocycles. The van der Waals surface area contributed by atoms with E-state index in [9.17, 15) is 34.6 Å². The Kier molecular flexibility index (Phi) is 5.05. The molecule has 1 fully saturated rings. The van der Waals surface area contributed by atoms with Gasteiger partial charge in [-0.2, -0.15) is 5.10 Å². The average Bonchev–Trinajstić information content (AvgIpc) is 2.90. The Balaban J connectivity index is 2.34. The summed E-state index contributed by atoms with van der Waals surface area (Å²) in [5.41, 5.74) is 0.198. The minimum Gasteiger partial charge on any atom is -0.320 e. The number of rotatable bonds is 6. The first-order chi connectivity index (χ1) is 12.2. The van der Waals surface area contributed by atoms with Crippen molar-refractivity contribution in [3.63, 3.8) is 0 Å². The number of imide groups is 1. The molecule has 26 heavy (non-hydrogen) atoms. The maximum atomic E-state index is 12.4. The molecule has 1 atom stereocenters. The number of hydrazone groups is 1. The second-order valence-corrected chi connectivity index (χ2v) is 4.79. The van der Waals surface area contributed by atoms with E-state index in [1.807, 2.05) is 5.32 Å². The van der Waals surface area contributed by atoms with Crippen molar-refractivity contribution in [2.75, 3.05) is 12.4 Å². The van der Waals surface area contributed by atoms with Gasteiger partial charge < -0.3 is 16.1 Å². The van der Waals surface area contributed by atoms with Gasteiger partial charge >= 0.3 is 6.03 Å². The van der Waals surface area contributed by atoms with Crippen molar-refractivity contribution < 1.29 is 24.2 Å². The lowest BCUT2D eigenvalue weighted by molar-refractivity contribution is -0.393. The van der Waals surface area contributed by atoms with E-state index < -0.39 is 50.8 Å². The van der Waals surface area contributed by atoms with Gasteiger partial charge in [0.05, 0.1) is 15.9 Å². The van der Waals surface area contributed by atoms with Crippen LogP contribution in [0.15, 0.2) is 23.3 Å². The number of nitrogens with one attached hydrogen (secondary N) is 4. The molecule has 0 bridgehead atoms. The standard InChI is InChI=1S/C12H11N7O7/c1-13-17-9(8-10(20)16-12(22)15-8)11(21)14-6-3-2-5(18(23)24)4-7(6)19(25)26/h2-4,8,13H,1H3,(H,14,21)(H2,15,16,20,22)/b17-9-. The lowest BCUT2D eigenvalue weighted by Crippen LogP contribution is -2.44. The maximum absolute atomic E-state index is 12.4. The Bertz CT molecular complexity index is 850. The van der Waals surface area contributed by atoms with Crippen LogP contribution in [0.1, 0.15) is 0 Å². The summed E-state index contributed by atoms with van der Waals surface area (Å²) in [4.78, 5) is 55.3. The molecular formula is C12H11N7O7. The van der Waals surface area contributed by atoms with Gasteiger partial charge in [-0.25, -0.2) is 4.79 Å². The monoisotopic (exact) mass is 365 g/mol. The number of nitro groups is 2. The summed E-state index contributed by atoms with van der Waals surface area (Å²) in [6, 6.07) is 0.360. The van der Waals surface area contributed by atoms with Gasteiger partial charge in [-0.15, -0.1) is 0 Å². The van der Waals surface area contributed by atoms with Crippen molar-refractivity contribution >= 4 is 40.6 Å². The Labute approximate surface area is 143 Å². The van der Waals surface area contributed by atoms with Gasteiger partial charge in [0.25, 0.3) is 23.2 Å². The average molecular weight is 365 g/mol. The summed E-state index contributed by atoms with van der Waals surface area (Å²) < 4.78 is 0. The highest BCUT2D eigenvalue weighted by Gasteiger charge is 2.38. The molecule has 4 N–H and O–H groups in total. The van der Waals surface area contributed by atoms with Gasteiger partial charge in [0.15, 0.2) is 11.8 Å². The van der Waals surface area contributed by atoms with E-state index in [1.54, 1.807) is 0 Å². The fraction of sp³-hybridized carbons (Fsp3) is 0.167. The van der Waals surface area contributed by atoms with Crippen molar-refractivity contribution in [1.82, 2.24) is 16.1 Å². The van der Waals surface area contributed by atoms with E-state index in [1.165, 1.54) is 7.05 Å². The van der Waals surface area contributed by atoms with Gasteiger partial charge in [-0.3, -0.25) is 35.1 Å². The van der Waals surface area contributed by atoms with Crippen LogP contribution >= 0.6 is 0 Å². The van der Waals surface area contributed by atoms with Crippen molar-refractivity contribution in [1.29, 1.82) is 0 Å². The Morgan fingerprint density at radius 3 is 2.42 bits per heavy atom. The second-order valence-electron chi connectivity index (χ2n) is 4.79. The number of hydrogen-bond acceptors (Lipinski definition) is 9. The van der Waals surface area contributed by atoms with E-state index in [0.29, 0.717) is 6.07 Å². The zero-order valence-corrected chi connectivity index (χ0v) is 13.0. The SMILES string of the molecule is CN/N=C(\C(=O)Nc1ccc([N+](=O)[O-])cc1[N+](=O)[O-])C1NC(=O)NC1=O.